The molecule has 1 aromatic carbocycles. The summed E-state index contributed by atoms with van der Waals surface area (Å²) in [5.41, 5.74) is 6.18. The Labute approximate surface area is 144 Å². The minimum Gasteiger partial charge on any atom is -0.369 e. The predicted molar refractivity (Wildman–Crippen MR) is 92.3 cm³/mol. The number of carbonyl (C=O) groups excluding carboxylic acids is 1. The number of amides is 1. The maximum atomic E-state index is 11.4. The average molecular weight is 352 g/mol. The van der Waals surface area contributed by atoms with Gasteiger partial charge in [0.25, 0.3) is 0 Å². The highest BCUT2D eigenvalue weighted by Crippen LogP contribution is 2.33. The molecule has 2 aromatic rings. The molecule has 8 heteroatoms. The third kappa shape index (κ3) is 3.30. The lowest BCUT2D eigenvalue weighted by atomic mass is 10.3. The zero-order chi connectivity index (χ0) is 16.4. The van der Waals surface area contributed by atoms with E-state index in [1.165, 1.54) is 11.8 Å². The molecular weight excluding hydrogens is 334 g/mol. The Bertz CT molecular complexity index is 714. The van der Waals surface area contributed by atoms with E-state index in [9.17, 15) is 4.79 Å². The molecule has 1 atom stereocenters. The van der Waals surface area contributed by atoms with Gasteiger partial charge in [-0.05, 0) is 31.9 Å². The number of thioether (sulfide) groups is 1. The maximum absolute atomic E-state index is 11.4. The van der Waals surface area contributed by atoms with Crippen LogP contribution in [-0.2, 0) is 4.79 Å². The number of carbonyl (C=O) groups is 1. The van der Waals surface area contributed by atoms with Crippen LogP contribution in [0.15, 0.2) is 29.4 Å². The predicted octanol–water partition coefficient (Wildman–Crippen LogP) is 2.49. The van der Waals surface area contributed by atoms with Crippen LogP contribution in [0.4, 0.5) is 5.95 Å². The molecule has 1 amide bonds. The first-order chi connectivity index (χ1) is 11.1. The second-order valence-electron chi connectivity index (χ2n) is 5.43. The van der Waals surface area contributed by atoms with Crippen LogP contribution in [0.3, 0.4) is 0 Å². The smallest absolute Gasteiger partial charge is 0.232 e. The Morgan fingerprint density at radius 3 is 2.65 bits per heavy atom. The number of nitrogens with two attached hydrogens (primary N) is 1. The number of rotatable bonds is 5. The fourth-order valence-electron chi connectivity index (χ4n) is 2.52. The average Bonchev–Trinajstić information content (AvgIpc) is 3.17. The third-order valence-electron chi connectivity index (χ3n) is 3.78. The van der Waals surface area contributed by atoms with Crippen molar-refractivity contribution in [2.45, 2.75) is 30.2 Å². The molecule has 0 radical (unpaired) electrons. The third-order valence-corrected chi connectivity index (χ3v) is 5.16. The lowest BCUT2D eigenvalue weighted by Crippen LogP contribution is -2.24. The van der Waals surface area contributed by atoms with E-state index in [2.05, 4.69) is 15.1 Å². The molecule has 1 aromatic heterocycles. The van der Waals surface area contributed by atoms with E-state index in [4.69, 9.17) is 17.3 Å². The van der Waals surface area contributed by atoms with Crippen molar-refractivity contribution >= 4 is 35.2 Å². The first-order valence-electron chi connectivity index (χ1n) is 7.49. The number of hydrogen-bond acceptors (Lipinski definition) is 5. The maximum Gasteiger partial charge on any atom is 0.232 e. The number of nitrogens with zero attached hydrogens (tertiary/aromatic N) is 4. The lowest BCUT2D eigenvalue weighted by Gasteiger charge is -2.19. The normalized spacial score (nSPS) is 15.8. The molecule has 1 fully saturated rings. The van der Waals surface area contributed by atoms with Crippen molar-refractivity contribution in [1.82, 2.24) is 14.8 Å². The summed E-state index contributed by atoms with van der Waals surface area (Å²) in [7, 11) is 0. The van der Waals surface area contributed by atoms with Crippen LogP contribution in [-0.4, -0.2) is 39.0 Å². The Morgan fingerprint density at radius 2 is 2.00 bits per heavy atom. The number of benzene rings is 1. The minimum absolute atomic E-state index is 0.383. The summed E-state index contributed by atoms with van der Waals surface area (Å²) >= 11 is 7.66. The van der Waals surface area contributed by atoms with Crippen LogP contribution in [0.25, 0.3) is 5.69 Å². The second kappa shape index (κ2) is 6.80. The monoisotopic (exact) mass is 351 g/mol. The number of anilines is 1. The van der Waals surface area contributed by atoms with Crippen LogP contribution in [0.1, 0.15) is 19.8 Å². The summed E-state index contributed by atoms with van der Waals surface area (Å²) in [6.45, 7) is 3.64. The van der Waals surface area contributed by atoms with E-state index >= 15 is 0 Å². The van der Waals surface area contributed by atoms with Crippen molar-refractivity contribution < 1.29 is 4.79 Å². The van der Waals surface area contributed by atoms with Gasteiger partial charge in [-0.25, -0.2) is 0 Å². The molecule has 122 valence electrons. The van der Waals surface area contributed by atoms with E-state index in [0.29, 0.717) is 10.2 Å². The Kier molecular flexibility index (Phi) is 4.77. The summed E-state index contributed by atoms with van der Waals surface area (Å²) in [6, 6.07) is 7.55. The standard InChI is InChI=1S/C15H18ClN5OS/c1-10(13(17)22)23-15-19-18-14(20-8-4-5-9-20)21(15)12-7-3-2-6-11(12)16/h2-3,6-7,10H,4-5,8-9H2,1H3,(H2,17,22). The number of halogens is 1. The van der Waals surface area contributed by atoms with Crippen molar-refractivity contribution in [3.63, 3.8) is 0 Å². The van der Waals surface area contributed by atoms with E-state index in [1.807, 2.05) is 28.8 Å². The summed E-state index contributed by atoms with van der Waals surface area (Å²) in [4.78, 5) is 13.6. The second-order valence-corrected chi connectivity index (χ2v) is 7.14. The fraction of sp³-hybridized carbons (Fsp3) is 0.400. The number of hydrogen-bond donors (Lipinski definition) is 1. The zero-order valence-electron chi connectivity index (χ0n) is 12.8. The van der Waals surface area contributed by atoms with Crippen LogP contribution in [0.2, 0.25) is 5.02 Å². The van der Waals surface area contributed by atoms with Gasteiger partial charge in [-0.2, -0.15) is 0 Å². The van der Waals surface area contributed by atoms with Crippen LogP contribution in [0, 0.1) is 0 Å². The van der Waals surface area contributed by atoms with Gasteiger partial charge in [-0.3, -0.25) is 9.36 Å². The summed E-state index contributed by atoms with van der Waals surface area (Å²) in [5.74, 6) is 0.376. The molecule has 0 saturated carbocycles. The minimum atomic E-state index is -0.396. The fourth-order valence-corrected chi connectivity index (χ4v) is 3.55. The molecule has 2 heterocycles. The molecule has 0 spiro atoms. The number of aromatic nitrogens is 3. The summed E-state index contributed by atoms with van der Waals surface area (Å²) < 4.78 is 1.91. The SMILES string of the molecule is CC(Sc1nnc(N2CCCC2)n1-c1ccccc1Cl)C(N)=O. The van der Waals surface area contributed by atoms with Gasteiger partial charge in [-0.15, -0.1) is 10.2 Å². The number of primary amides is 1. The van der Waals surface area contributed by atoms with Gasteiger partial charge >= 0.3 is 0 Å². The highest BCUT2D eigenvalue weighted by atomic mass is 35.5. The van der Waals surface area contributed by atoms with E-state index in [1.54, 1.807) is 6.92 Å². The molecule has 1 saturated heterocycles. The van der Waals surface area contributed by atoms with Gasteiger partial charge in [0, 0.05) is 13.1 Å². The first kappa shape index (κ1) is 16.1. The highest BCUT2D eigenvalue weighted by molar-refractivity contribution is 8.00. The summed E-state index contributed by atoms with van der Waals surface area (Å²) in [6.07, 6.45) is 2.27. The van der Waals surface area contributed by atoms with Crippen molar-refractivity contribution in [3.8, 4) is 5.69 Å². The molecule has 1 unspecified atom stereocenters. The van der Waals surface area contributed by atoms with E-state index in [0.717, 1.165) is 37.6 Å². The quantitative estimate of drug-likeness (QED) is 0.837. The zero-order valence-corrected chi connectivity index (χ0v) is 14.3. The molecule has 3 rings (SSSR count). The van der Waals surface area contributed by atoms with Crippen molar-refractivity contribution in [2.24, 2.45) is 5.73 Å². The van der Waals surface area contributed by atoms with Gasteiger partial charge in [0.15, 0.2) is 5.16 Å². The number of para-hydroxylation sites is 1. The van der Waals surface area contributed by atoms with Crippen molar-refractivity contribution in [2.75, 3.05) is 18.0 Å². The Balaban J connectivity index is 2.06. The topological polar surface area (TPSA) is 77.0 Å². The molecule has 23 heavy (non-hydrogen) atoms. The Hall–Kier alpha value is -1.73. The van der Waals surface area contributed by atoms with E-state index in [-0.39, 0.29) is 5.91 Å². The largest absolute Gasteiger partial charge is 0.369 e. The molecule has 2 N–H and O–H groups in total. The van der Waals surface area contributed by atoms with Crippen molar-refractivity contribution in [3.05, 3.63) is 29.3 Å². The van der Waals surface area contributed by atoms with Gasteiger partial charge in [-0.1, -0.05) is 35.5 Å². The van der Waals surface area contributed by atoms with Gasteiger partial charge in [0.05, 0.1) is 16.0 Å². The van der Waals surface area contributed by atoms with Crippen LogP contribution in [0.5, 0.6) is 0 Å². The van der Waals surface area contributed by atoms with Gasteiger partial charge < -0.3 is 10.6 Å². The van der Waals surface area contributed by atoms with Crippen molar-refractivity contribution in [1.29, 1.82) is 0 Å². The molecule has 6 nitrogen and oxygen atoms in total. The molecule has 1 aliphatic heterocycles. The molecule has 0 aliphatic carbocycles. The summed E-state index contributed by atoms with van der Waals surface area (Å²) in [5, 5.41) is 9.44. The molecule has 0 bridgehead atoms. The van der Waals surface area contributed by atoms with Crippen LogP contribution >= 0.6 is 23.4 Å². The highest BCUT2D eigenvalue weighted by Gasteiger charge is 2.25. The van der Waals surface area contributed by atoms with E-state index < -0.39 is 5.25 Å². The van der Waals surface area contributed by atoms with Crippen LogP contribution < -0.4 is 10.6 Å². The Morgan fingerprint density at radius 1 is 1.30 bits per heavy atom. The van der Waals surface area contributed by atoms with Gasteiger partial charge in [0.1, 0.15) is 0 Å². The first-order valence-corrected chi connectivity index (χ1v) is 8.75. The lowest BCUT2D eigenvalue weighted by molar-refractivity contribution is -0.117. The van der Waals surface area contributed by atoms with Gasteiger partial charge in [0.2, 0.25) is 11.9 Å². The molecular formula is C15H18ClN5OS. The molecule has 1 aliphatic rings.